The summed E-state index contributed by atoms with van der Waals surface area (Å²) in [5, 5.41) is 0. The maximum Gasteiger partial charge on any atom is 0.342 e. The van der Waals surface area contributed by atoms with Crippen molar-refractivity contribution in [1.29, 1.82) is 0 Å². The summed E-state index contributed by atoms with van der Waals surface area (Å²) in [5.41, 5.74) is 0.553. The van der Waals surface area contributed by atoms with Crippen LogP contribution in [0.2, 0.25) is 0 Å². The van der Waals surface area contributed by atoms with Crippen molar-refractivity contribution in [2.24, 2.45) is 0 Å². The standard InChI is InChI=1S/C13H14O3/c14-13-9-5-1-2-6-10(9)15-11-7-3-4-8-12(11)16-13/h1-2,5-6,11-12H,3-4,7-8H2/t11-,12-/m0/s1. The lowest BCUT2D eigenvalue weighted by Crippen LogP contribution is -2.36. The predicted octanol–water partition coefficient (Wildman–Crippen LogP) is 2.55. The molecule has 0 radical (unpaired) electrons. The Hall–Kier alpha value is -1.51. The van der Waals surface area contributed by atoms with Crippen LogP contribution in [0, 0.1) is 0 Å². The molecule has 0 unspecified atom stereocenters. The van der Waals surface area contributed by atoms with Gasteiger partial charge < -0.3 is 9.47 Å². The Balaban J connectivity index is 1.97. The van der Waals surface area contributed by atoms with Gasteiger partial charge in [-0.05, 0) is 37.8 Å². The van der Waals surface area contributed by atoms with Crippen molar-refractivity contribution in [3.8, 4) is 5.75 Å². The Bertz CT molecular complexity index is 413. The number of hydrogen-bond donors (Lipinski definition) is 0. The number of para-hydroxylation sites is 1. The Morgan fingerprint density at radius 2 is 1.69 bits per heavy atom. The van der Waals surface area contributed by atoms with Gasteiger partial charge in [0.15, 0.2) is 0 Å². The molecular weight excluding hydrogens is 204 g/mol. The van der Waals surface area contributed by atoms with Crippen LogP contribution in [-0.4, -0.2) is 18.2 Å². The first kappa shape index (κ1) is 9.70. The number of fused-ring (bicyclic) bond motifs is 2. The molecular formula is C13H14O3. The first-order valence-electron chi connectivity index (χ1n) is 5.81. The van der Waals surface area contributed by atoms with Crippen LogP contribution in [0.4, 0.5) is 0 Å². The van der Waals surface area contributed by atoms with Crippen molar-refractivity contribution in [3.63, 3.8) is 0 Å². The van der Waals surface area contributed by atoms with Gasteiger partial charge in [0.2, 0.25) is 0 Å². The van der Waals surface area contributed by atoms with Gasteiger partial charge in [0.25, 0.3) is 0 Å². The summed E-state index contributed by atoms with van der Waals surface area (Å²) in [6, 6.07) is 7.32. The van der Waals surface area contributed by atoms with E-state index in [1.54, 1.807) is 6.07 Å². The number of rotatable bonds is 0. The van der Waals surface area contributed by atoms with E-state index in [0.29, 0.717) is 11.3 Å². The number of carbonyl (C=O) groups excluding carboxylic acids is 1. The van der Waals surface area contributed by atoms with Gasteiger partial charge >= 0.3 is 5.97 Å². The molecule has 1 aromatic carbocycles. The van der Waals surface area contributed by atoms with Crippen LogP contribution in [0.3, 0.4) is 0 Å². The van der Waals surface area contributed by atoms with Crippen LogP contribution in [0.15, 0.2) is 24.3 Å². The lowest BCUT2D eigenvalue weighted by atomic mass is 9.95. The lowest BCUT2D eigenvalue weighted by molar-refractivity contribution is -0.0173. The largest absolute Gasteiger partial charge is 0.486 e. The van der Waals surface area contributed by atoms with Gasteiger partial charge in [-0.15, -0.1) is 0 Å². The predicted molar refractivity (Wildman–Crippen MR) is 58.5 cm³/mol. The monoisotopic (exact) mass is 218 g/mol. The minimum Gasteiger partial charge on any atom is -0.486 e. The Labute approximate surface area is 94.4 Å². The molecule has 0 amide bonds. The van der Waals surface area contributed by atoms with E-state index in [1.807, 2.05) is 18.2 Å². The molecule has 1 aliphatic carbocycles. The first-order chi connectivity index (χ1) is 7.84. The smallest absolute Gasteiger partial charge is 0.342 e. The fraction of sp³-hybridized carbons (Fsp3) is 0.462. The number of carbonyl (C=O) groups is 1. The lowest BCUT2D eigenvalue weighted by Gasteiger charge is -2.28. The van der Waals surface area contributed by atoms with Crippen LogP contribution >= 0.6 is 0 Å². The van der Waals surface area contributed by atoms with Gasteiger partial charge in [-0.3, -0.25) is 0 Å². The van der Waals surface area contributed by atoms with Gasteiger partial charge in [-0.25, -0.2) is 4.79 Å². The highest BCUT2D eigenvalue weighted by atomic mass is 16.6. The molecule has 1 aliphatic heterocycles. The second-order valence-electron chi connectivity index (χ2n) is 4.38. The number of benzene rings is 1. The third kappa shape index (κ3) is 1.56. The van der Waals surface area contributed by atoms with Crippen molar-refractivity contribution in [1.82, 2.24) is 0 Å². The summed E-state index contributed by atoms with van der Waals surface area (Å²) in [6.07, 6.45) is 4.15. The van der Waals surface area contributed by atoms with E-state index in [9.17, 15) is 4.79 Å². The van der Waals surface area contributed by atoms with Crippen LogP contribution in [0.5, 0.6) is 5.75 Å². The molecule has 1 aromatic rings. The van der Waals surface area contributed by atoms with E-state index in [4.69, 9.17) is 9.47 Å². The minimum absolute atomic E-state index is 0.0429. The molecule has 3 rings (SSSR count). The van der Waals surface area contributed by atoms with Crippen LogP contribution in [0.25, 0.3) is 0 Å². The third-order valence-electron chi connectivity index (χ3n) is 3.29. The molecule has 0 spiro atoms. The molecule has 2 atom stereocenters. The molecule has 84 valence electrons. The molecule has 1 fully saturated rings. The fourth-order valence-corrected chi connectivity index (χ4v) is 2.43. The molecule has 3 heteroatoms. The summed E-state index contributed by atoms with van der Waals surface area (Å²) in [5.74, 6) is 0.423. The second kappa shape index (κ2) is 3.81. The van der Waals surface area contributed by atoms with E-state index in [2.05, 4.69) is 0 Å². The fourth-order valence-electron chi connectivity index (χ4n) is 2.43. The van der Waals surface area contributed by atoms with Crippen LogP contribution in [0.1, 0.15) is 36.0 Å². The molecule has 1 saturated carbocycles. The van der Waals surface area contributed by atoms with Gasteiger partial charge in [0.05, 0.1) is 0 Å². The Morgan fingerprint density at radius 3 is 2.50 bits per heavy atom. The molecule has 16 heavy (non-hydrogen) atoms. The zero-order chi connectivity index (χ0) is 11.0. The van der Waals surface area contributed by atoms with Crippen molar-refractivity contribution in [2.45, 2.75) is 37.9 Å². The first-order valence-corrected chi connectivity index (χ1v) is 5.81. The van der Waals surface area contributed by atoms with Gasteiger partial charge in [-0.1, -0.05) is 12.1 Å². The summed E-state index contributed by atoms with van der Waals surface area (Å²) in [7, 11) is 0. The van der Waals surface area contributed by atoms with Gasteiger partial charge in [0.1, 0.15) is 23.5 Å². The average Bonchev–Trinajstić information content (AvgIpc) is 2.45. The van der Waals surface area contributed by atoms with Crippen molar-refractivity contribution in [2.75, 3.05) is 0 Å². The normalized spacial score (nSPS) is 28.1. The van der Waals surface area contributed by atoms with Crippen molar-refractivity contribution < 1.29 is 14.3 Å². The maximum atomic E-state index is 11.9. The zero-order valence-corrected chi connectivity index (χ0v) is 9.02. The highest BCUT2D eigenvalue weighted by molar-refractivity contribution is 5.92. The van der Waals surface area contributed by atoms with E-state index >= 15 is 0 Å². The topological polar surface area (TPSA) is 35.5 Å². The molecule has 3 nitrogen and oxygen atoms in total. The zero-order valence-electron chi connectivity index (χ0n) is 9.02. The van der Waals surface area contributed by atoms with E-state index in [0.717, 1.165) is 25.7 Å². The highest BCUT2D eigenvalue weighted by Gasteiger charge is 2.34. The number of esters is 1. The molecule has 1 heterocycles. The summed E-state index contributed by atoms with van der Waals surface area (Å²) < 4.78 is 11.4. The second-order valence-corrected chi connectivity index (χ2v) is 4.38. The average molecular weight is 218 g/mol. The molecule has 0 N–H and O–H groups in total. The van der Waals surface area contributed by atoms with Crippen molar-refractivity contribution >= 4 is 5.97 Å². The van der Waals surface area contributed by atoms with E-state index in [-0.39, 0.29) is 18.2 Å². The Kier molecular flexibility index (Phi) is 2.31. The van der Waals surface area contributed by atoms with E-state index < -0.39 is 0 Å². The van der Waals surface area contributed by atoms with Gasteiger partial charge in [-0.2, -0.15) is 0 Å². The maximum absolute atomic E-state index is 11.9. The van der Waals surface area contributed by atoms with E-state index in [1.165, 1.54) is 0 Å². The van der Waals surface area contributed by atoms with Gasteiger partial charge in [0, 0.05) is 0 Å². The summed E-state index contributed by atoms with van der Waals surface area (Å²) >= 11 is 0. The quantitative estimate of drug-likeness (QED) is 0.628. The summed E-state index contributed by atoms with van der Waals surface area (Å²) in [6.45, 7) is 0. The number of ether oxygens (including phenoxy) is 2. The molecule has 0 saturated heterocycles. The highest BCUT2D eigenvalue weighted by Crippen LogP contribution is 2.32. The molecule has 0 aromatic heterocycles. The SMILES string of the molecule is O=C1O[C@H]2CCCC[C@@H]2Oc2ccccc21. The third-order valence-corrected chi connectivity index (χ3v) is 3.29. The van der Waals surface area contributed by atoms with Crippen molar-refractivity contribution in [3.05, 3.63) is 29.8 Å². The molecule has 2 aliphatic rings. The van der Waals surface area contributed by atoms with Crippen LogP contribution < -0.4 is 4.74 Å². The number of hydrogen-bond acceptors (Lipinski definition) is 3. The Morgan fingerprint density at radius 1 is 1.00 bits per heavy atom. The van der Waals surface area contributed by atoms with Crippen LogP contribution in [-0.2, 0) is 4.74 Å². The summed E-state index contributed by atoms with van der Waals surface area (Å²) in [4.78, 5) is 11.9. The molecule has 0 bridgehead atoms. The minimum atomic E-state index is -0.245.